The molecule has 368 valence electrons. The van der Waals surface area contributed by atoms with E-state index in [-0.39, 0.29) is 42.0 Å². The van der Waals surface area contributed by atoms with Crippen LogP contribution in [0.2, 0.25) is 0 Å². The Morgan fingerprint density at radius 2 is 0.613 bits per heavy atom. The lowest BCUT2D eigenvalue weighted by Crippen LogP contribution is -2.41. The Kier molecular flexibility index (Phi) is 22.3. The van der Waals surface area contributed by atoms with Gasteiger partial charge in [-0.1, -0.05) is 244 Å². The molecular weight excluding hydrogens is 829 g/mol. The van der Waals surface area contributed by atoms with Gasteiger partial charge in [-0.2, -0.15) is 0 Å². The van der Waals surface area contributed by atoms with E-state index in [4.69, 9.17) is 0 Å². The number of hydrogen-bond acceptors (Lipinski definition) is 2. The molecule has 0 radical (unpaired) electrons. The predicted molar refractivity (Wildman–Crippen MR) is 294 cm³/mol. The van der Waals surface area contributed by atoms with Gasteiger partial charge < -0.3 is 0 Å². The summed E-state index contributed by atoms with van der Waals surface area (Å²) in [5, 5.41) is 4.10. The molecule has 0 amide bonds. The van der Waals surface area contributed by atoms with E-state index in [0.29, 0.717) is 52.8 Å². The van der Waals surface area contributed by atoms with E-state index in [1.54, 1.807) is 0 Å². The van der Waals surface area contributed by atoms with Crippen LogP contribution in [0.25, 0.3) is 0 Å². The number of carbonyl (C=O) groups is 2. The summed E-state index contributed by atoms with van der Waals surface area (Å²) in [6.07, 6.45) is 19.5. The Balaban J connectivity index is 0.000000414. The lowest BCUT2D eigenvalue weighted by Gasteiger charge is -2.53. The van der Waals surface area contributed by atoms with Gasteiger partial charge in [-0.3, -0.25) is 9.59 Å². The Labute approximate surface area is 396 Å². The molecule has 0 N–H and O–H groups in total. The van der Waals surface area contributed by atoms with E-state index in [2.05, 4.69) is 180 Å². The molecule has 4 aliphatic heterocycles. The van der Waals surface area contributed by atoms with Crippen LogP contribution in [0.4, 0.5) is 0 Å². The van der Waals surface area contributed by atoms with Gasteiger partial charge in [-0.15, -0.1) is 0 Å². The van der Waals surface area contributed by atoms with E-state index >= 15 is 0 Å². The first-order valence-corrected chi connectivity index (χ1v) is 31.2. The second-order valence-electron chi connectivity index (χ2n) is 28.0. The molecule has 0 aromatic carbocycles. The SMILES string of the molecule is CC(C)(C)P1C(C)(C)CCC(=O)CC1(C)C.CC(C)(C)P1C(C)(C)CCCC(=O)CC1(C)C.CC(C)P1C(C)(C)CCCCC1(C)C.CC(C)P1C(C)(C)CCCCCC1(C)C. The van der Waals surface area contributed by atoms with Crippen molar-refractivity contribution < 1.29 is 9.59 Å². The zero-order chi connectivity index (χ0) is 48.9. The fourth-order valence-electron chi connectivity index (χ4n) is 15.3. The fourth-order valence-corrected chi connectivity index (χ4v) is 37.7. The summed E-state index contributed by atoms with van der Waals surface area (Å²) in [7, 11) is -0.0686. The molecule has 4 heterocycles. The van der Waals surface area contributed by atoms with Crippen molar-refractivity contribution in [1.82, 2.24) is 0 Å². The third-order valence-electron chi connectivity index (χ3n) is 14.8. The van der Waals surface area contributed by atoms with Gasteiger partial charge in [0.2, 0.25) is 0 Å². The number of hydrogen-bond donors (Lipinski definition) is 0. The van der Waals surface area contributed by atoms with Crippen molar-refractivity contribution in [3.8, 4) is 0 Å². The van der Waals surface area contributed by atoms with Crippen molar-refractivity contribution in [3.05, 3.63) is 0 Å². The molecule has 4 aliphatic rings. The zero-order valence-electron chi connectivity index (χ0n) is 47.1. The standard InChI is InChI=1S/C15H29OP.C14H27OP.C14H29P.C13H27P/c1-13(2,3)17-14(4,5)10-8-9-12(16)11-15(17,6)7;1-12(2,3)16-13(4,5)9-8-11(15)10-14(16,6)7;1-12(2)15-13(3,4)10-8-7-9-11-14(15,5)6;1-11(2)14-12(3,4)9-7-8-10-13(14,5)6/h8-11H2,1-7H3;8-10H2,1-7H3;12H,7-11H2,1-6H3;11H,7-10H2,1-6H3. The van der Waals surface area contributed by atoms with Gasteiger partial charge in [-0.05, 0) is 108 Å². The van der Waals surface area contributed by atoms with Crippen LogP contribution in [0.5, 0.6) is 0 Å². The molecule has 6 heteroatoms. The van der Waals surface area contributed by atoms with E-state index < -0.39 is 0 Å². The molecule has 0 aromatic rings. The second kappa shape index (κ2) is 22.7. The summed E-state index contributed by atoms with van der Waals surface area (Å²) in [4.78, 5) is 23.8. The van der Waals surface area contributed by atoms with Crippen molar-refractivity contribution in [1.29, 1.82) is 0 Å². The molecule has 2 atom stereocenters. The molecule has 0 aromatic heterocycles. The first kappa shape index (κ1) is 61.1. The normalized spacial score (nSPS) is 28.7. The van der Waals surface area contributed by atoms with Gasteiger partial charge >= 0.3 is 0 Å². The van der Waals surface area contributed by atoms with Crippen LogP contribution in [-0.4, -0.2) is 74.4 Å². The van der Waals surface area contributed by atoms with E-state index in [9.17, 15) is 9.59 Å². The fraction of sp³-hybridized carbons (Fsp3) is 0.964. The van der Waals surface area contributed by atoms with Crippen LogP contribution in [0.3, 0.4) is 0 Å². The molecule has 2 unspecified atom stereocenters. The third kappa shape index (κ3) is 17.9. The smallest absolute Gasteiger partial charge is 0.133 e. The lowest BCUT2D eigenvalue weighted by molar-refractivity contribution is -0.120. The first-order valence-electron chi connectivity index (χ1n) is 25.7. The van der Waals surface area contributed by atoms with Gasteiger partial charge in [0.1, 0.15) is 11.6 Å². The number of carbonyl (C=O) groups excluding carboxylic acids is 2. The highest BCUT2D eigenvalue weighted by molar-refractivity contribution is 7.63. The summed E-state index contributed by atoms with van der Waals surface area (Å²) in [5.74, 6) is 0.939. The van der Waals surface area contributed by atoms with Gasteiger partial charge in [0.15, 0.2) is 0 Å². The number of Topliss-reactive ketones (excluding diaryl/α,β-unsaturated/α-hetero) is 2. The summed E-state index contributed by atoms with van der Waals surface area (Å²) in [5.41, 5.74) is 1.76. The van der Waals surface area contributed by atoms with Crippen LogP contribution in [0.15, 0.2) is 0 Å². The van der Waals surface area contributed by atoms with Crippen LogP contribution >= 0.6 is 31.7 Å². The van der Waals surface area contributed by atoms with Crippen molar-refractivity contribution in [3.63, 3.8) is 0 Å². The van der Waals surface area contributed by atoms with Crippen molar-refractivity contribution in [2.45, 2.75) is 346 Å². The largest absolute Gasteiger partial charge is 0.300 e. The summed E-state index contributed by atoms with van der Waals surface area (Å²) >= 11 is 0. The number of ketones is 2. The minimum atomic E-state index is -0.190. The molecule has 4 fully saturated rings. The first-order chi connectivity index (χ1) is 27.5. The topological polar surface area (TPSA) is 34.1 Å². The van der Waals surface area contributed by atoms with Gasteiger partial charge in [0.25, 0.3) is 0 Å². The van der Waals surface area contributed by atoms with Gasteiger partial charge in [-0.25, -0.2) is 0 Å². The third-order valence-corrected chi connectivity index (χ3v) is 31.3. The van der Waals surface area contributed by atoms with Gasteiger partial charge in [0, 0.05) is 25.7 Å². The van der Waals surface area contributed by atoms with Crippen LogP contribution in [-0.2, 0) is 9.59 Å². The molecule has 0 bridgehead atoms. The van der Waals surface area contributed by atoms with Crippen LogP contribution in [0.1, 0.15) is 283 Å². The average Bonchev–Trinajstić information content (AvgIpc) is 3.15. The molecule has 0 spiro atoms. The molecular formula is C56H112O2P4. The molecule has 2 nitrogen and oxygen atoms in total. The quantitative estimate of drug-likeness (QED) is 0.259. The monoisotopic (exact) mass is 941 g/mol. The van der Waals surface area contributed by atoms with E-state index in [1.165, 1.54) is 64.2 Å². The highest BCUT2D eigenvalue weighted by atomic mass is 31.1. The van der Waals surface area contributed by atoms with E-state index in [0.717, 1.165) is 49.8 Å². The van der Waals surface area contributed by atoms with Crippen molar-refractivity contribution >= 4 is 43.3 Å². The molecule has 4 rings (SSSR count). The summed E-state index contributed by atoms with van der Waals surface area (Å²) in [6.45, 7) is 62.7. The zero-order valence-corrected chi connectivity index (χ0v) is 50.7. The van der Waals surface area contributed by atoms with E-state index in [1.807, 2.05) is 0 Å². The molecule has 0 saturated carbocycles. The summed E-state index contributed by atoms with van der Waals surface area (Å²) in [6, 6.07) is 0. The predicted octanol–water partition coefficient (Wildman–Crippen LogP) is 19.9. The number of rotatable bonds is 2. The molecule has 62 heavy (non-hydrogen) atoms. The Bertz CT molecular complexity index is 1360. The van der Waals surface area contributed by atoms with Crippen LogP contribution < -0.4 is 0 Å². The minimum Gasteiger partial charge on any atom is -0.300 e. The van der Waals surface area contributed by atoms with Crippen molar-refractivity contribution in [2.75, 3.05) is 0 Å². The average molecular weight is 941 g/mol. The summed E-state index contributed by atoms with van der Waals surface area (Å²) < 4.78 is 0. The maximum absolute atomic E-state index is 11.9. The van der Waals surface area contributed by atoms with Gasteiger partial charge in [0.05, 0.1) is 0 Å². The minimum absolute atomic E-state index is 0.139. The lowest BCUT2D eigenvalue weighted by atomic mass is 9.97. The Morgan fingerprint density at radius 1 is 0.355 bits per heavy atom. The molecule has 0 aliphatic carbocycles. The molecule has 4 saturated heterocycles. The Morgan fingerprint density at radius 3 is 0.903 bits per heavy atom. The second-order valence-corrected chi connectivity index (χ2v) is 45.2. The maximum Gasteiger partial charge on any atom is 0.133 e. The highest BCUT2D eigenvalue weighted by Crippen LogP contribution is 2.72. The Hall–Kier alpha value is 1.06. The maximum atomic E-state index is 11.9. The highest BCUT2D eigenvalue weighted by Gasteiger charge is 2.50. The van der Waals surface area contributed by atoms with Crippen LogP contribution in [0, 0.1) is 0 Å². The van der Waals surface area contributed by atoms with Crippen molar-refractivity contribution in [2.24, 2.45) is 0 Å².